The van der Waals surface area contributed by atoms with Gasteiger partial charge >= 0.3 is 0 Å². The number of hydrogen-bond donors (Lipinski definition) is 2. The lowest BCUT2D eigenvalue weighted by molar-refractivity contribution is -0.120. The van der Waals surface area contributed by atoms with E-state index in [0.717, 1.165) is 30.6 Å². The van der Waals surface area contributed by atoms with E-state index in [0.29, 0.717) is 29.0 Å². The zero-order valence-electron chi connectivity index (χ0n) is 19.0. The molecule has 2 aromatic heterocycles. The molecule has 1 fully saturated rings. The lowest BCUT2D eigenvalue weighted by Crippen LogP contribution is -2.55. The summed E-state index contributed by atoms with van der Waals surface area (Å²) in [6.07, 6.45) is 8.53. The summed E-state index contributed by atoms with van der Waals surface area (Å²) in [7, 11) is 4.91. The monoisotopic (exact) mass is 438 g/mol. The fourth-order valence-corrected chi connectivity index (χ4v) is 4.69. The molecule has 2 amide bonds. The quantitative estimate of drug-likeness (QED) is 0.715. The molecule has 2 aromatic rings. The van der Waals surface area contributed by atoms with Crippen molar-refractivity contribution in [2.24, 2.45) is 0 Å². The van der Waals surface area contributed by atoms with Crippen LogP contribution in [0, 0.1) is 0 Å². The highest BCUT2D eigenvalue weighted by Crippen LogP contribution is 2.42. The standard InChI is InChI=1S/C23H30N6O3/c1-5-16-23(31)28(3)18-13-25-20(11-17(18)29(16)15-8-6-7-9-15)27-21-19(32-4)10-14(12-26-21)22(30)24-2/h10-13,15-16H,5-9H2,1-4H3,(H,24,30)(H,25,26,27)/t16-/m1/s1. The number of amides is 2. The van der Waals surface area contributed by atoms with E-state index in [1.165, 1.54) is 26.1 Å². The molecule has 3 heterocycles. The van der Waals surface area contributed by atoms with E-state index in [1.54, 1.807) is 24.2 Å². The number of aromatic nitrogens is 2. The van der Waals surface area contributed by atoms with Gasteiger partial charge in [-0.1, -0.05) is 19.8 Å². The average Bonchev–Trinajstić information content (AvgIpc) is 3.35. The molecule has 1 aliphatic heterocycles. The van der Waals surface area contributed by atoms with Crippen LogP contribution in [0.15, 0.2) is 24.5 Å². The van der Waals surface area contributed by atoms with E-state index >= 15 is 0 Å². The summed E-state index contributed by atoms with van der Waals surface area (Å²) < 4.78 is 5.44. The van der Waals surface area contributed by atoms with Gasteiger partial charge < -0.3 is 25.2 Å². The van der Waals surface area contributed by atoms with Crippen molar-refractivity contribution in [3.63, 3.8) is 0 Å². The van der Waals surface area contributed by atoms with Crippen molar-refractivity contribution >= 4 is 34.8 Å². The van der Waals surface area contributed by atoms with E-state index in [9.17, 15) is 9.59 Å². The number of hydrogen-bond acceptors (Lipinski definition) is 7. The van der Waals surface area contributed by atoms with Crippen LogP contribution < -0.4 is 25.2 Å². The molecule has 0 saturated heterocycles. The molecule has 2 N–H and O–H groups in total. The molecular weight excluding hydrogens is 408 g/mol. The SMILES string of the molecule is CC[C@@H]1C(=O)N(C)c2cnc(Nc3ncc(C(=O)NC)cc3OC)cc2N1C1CCCC1. The molecule has 0 spiro atoms. The fourth-order valence-electron chi connectivity index (χ4n) is 4.69. The van der Waals surface area contributed by atoms with Crippen molar-refractivity contribution < 1.29 is 14.3 Å². The third kappa shape index (κ3) is 3.83. The van der Waals surface area contributed by atoms with Crippen LogP contribution in [0.3, 0.4) is 0 Å². The highest BCUT2D eigenvalue weighted by Gasteiger charge is 2.40. The van der Waals surface area contributed by atoms with Crippen LogP contribution in [0.5, 0.6) is 5.75 Å². The van der Waals surface area contributed by atoms with Crippen LogP contribution >= 0.6 is 0 Å². The van der Waals surface area contributed by atoms with Crippen LogP contribution in [-0.2, 0) is 4.79 Å². The molecule has 170 valence electrons. The molecule has 1 aliphatic carbocycles. The number of methoxy groups -OCH3 is 1. The second-order valence-electron chi connectivity index (χ2n) is 8.20. The van der Waals surface area contributed by atoms with Gasteiger partial charge in [-0.05, 0) is 25.3 Å². The third-order valence-electron chi connectivity index (χ3n) is 6.37. The molecule has 2 aliphatic rings. The van der Waals surface area contributed by atoms with Gasteiger partial charge in [-0.25, -0.2) is 9.97 Å². The Morgan fingerprint density at radius 3 is 2.59 bits per heavy atom. The van der Waals surface area contributed by atoms with Crippen LogP contribution in [0.2, 0.25) is 0 Å². The number of nitrogens with zero attached hydrogens (tertiary/aromatic N) is 4. The number of nitrogens with one attached hydrogen (secondary N) is 2. The molecule has 1 atom stereocenters. The molecule has 0 aromatic carbocycles. The molecule has 0 unspecified atom stereocenters. The van der Waals surface area contributed by atoms with Crippen molar-refractivity contribution in [2.45, 2.75) is 51.1 Å². The summed E-state index contributed by atoms with van der Waals surface area (Å²) in [5.74, 6) is 1.38. The van der Waals surface area contributed by atoms with Gasteiger partial charge in [-0.3, -0.25) is 9.59 Å². The van der Waals surface area contributed by atoms with Gasteiger partial charge in [0, 0.05) is 32.4 Å². The molecule has 0 bridgehead atoms. The number of carbonyl (C=O) groups is 2. The molecule has 32 heavy (non-hydrogen) atoms. The van der Waals surface area contributed by atoms with Crippen molar-refractivity contribution in [1.82, 2.24) is 15.3 Å². The summed E-state index contributed by atoms with van der Waals surface area (Å²) in [4.78, 5) is 37.9. The van der Waals surface area contributed by atoms with Crippen molar-refractivity contribution in [1.29, 1.82) is 0 Å². The maximum Gasteiger partial charge on any atom is 0.252 e. The van der Waals surface area contributed by atoms with E-state index < -0.39 is 0 Å². The van der Waals surface area contributed by atoms with Gasteiger partial charge in [0.1, 0.15) is 11.9 Å². The first-order chi connectivity index (χ1) is 15.5. The van der Waals surface area contributed by atoms with Crippen molar-refractivity contribution in [3.05, 3.63) is 30.1 Å². The van der Waals surface area contributed by atoms with Crippen LogP contribution in [0.4, 0.5) is 23.0 Å². The van der Waals surface area contributed by atoms with E-state index in [1.807, 2.05) is 13.1 Å². The largest absolute Gasteiger partial charge is 0.493 e. The predicted octanol–water partition coefficient (Wildman–Crippen LogP) is 3.09. The van der Waals surface area contributed by atoms with Crippen LogP contribution in [0.1, 0.15) is 49.4 Å². The number of anilines is 4. The number of pyridine rings is 2. The molecule has 0 radical (unpaired) electrons. The fraction of sp³-hybridized carbons (Fsp3) is 0.478. The van der Waals surface area contributed by atoms with Crippen molar-refractivity contribution in [3.8, 4) is 5.75 Å². The Kier molecular flexibility index (Phi) is 6.16. The van der Waals surface area contributed by atoms with E-state index in [2.05, 4.69) is 32.4 Å². The first-order valence-corrected chi connectivity index (χ1v) is 11.1. The first-order valence-electron chi connectivity index (χ1n) is 11.1. The second-order valence-corrected chi connectivity index (χ2v) is 8.20. The smallest absolute Gasteiger partial charge is 0.252 e. The summed E-state index contributed by atoms with van der Waals surface area (Å²) in [6.45, 7) is 2.06. The Hall–Kier alpha value is -3.36. The second kappa shape index (κ2) is 9.02. The lowest BCUT2D eigenvalue weighted by atomic mass is 10.0. The molecule has 9 nitrogen and oxygen atoms in total. The number of likely N-dealkylation sites (N-methyl/N-ethyl adjacent to an activating group) is 1. The summed E-state index contributed by atoms with van der Waals surface area (Å²) in [6, 6.07) is 3.79. The number of carbonyl (C=O) groups excluding carboxylic acids is 2. The minimum absolute atomic E-state index is 0.113. The predicted molar refractivity (Wildman–Crippen MR) is 124 cm³/mol. The third-order valence-corrected chi connectivity index (χ3v) is 6.37. The van der Waals surface area contributed by atoms with Crippen molar-refractivity contribution in [2.75, 3.05) is 36.3 Å². The highest BCUT2D eigenvalue weighted by atomic mass is 16.5. The normalized spacial score (nSPS) is 18.5. The minimum atomic E-state index is -0.236. The summed E-state index contributed by atoms with van der Waals surface area (Å²) >= 11 is 0. The van der Waals surface area contributed by atoms with E-state index in [4.69, 9.17) is 4.74 Å². The van der Waals surface area contributed by atoms with Crippen LogP contribution in [-0.4, -0.2) is 55.1 Å². The highest BCUT2D eigenvalue weighted by molar-refractivity contribution is 6.05. The Balaban J connectivity index is 1.70. The minimum Gasteiger partial charge on any atom is -0.493 e. The number of ether oxygens (including phenoxy) is 1. The van der Waals surface area contributed by atoms with Gasteiger partial charge in [-0.2, -0.15) is 0 Å². The Labute approximate surface area is 188 Å². The number of fused-ring (bicyclic) bond motifs is 1. The Morgan fingerprint density at radius 1 is 1.19 bits per heavy atom. The number of rotatable bonds is 6. The molecule has 4 rings (SSSR count). The van der Waals surface area contributed by atoms with E-state index in [-0.39, 0.29) is 17.9 Å². The first kappa shape index (κ1) is 21.9. The molecule has 9 heteroatoms. The van der Waals surface area contributed by atoms with Gasteiger partial charge in [0.15, 0.2) is 11.6 Å². The lowest BCUT2D eigenvalue weighted by Gasteiger charge is -2.44. The van der Waals surface area contributed by atoms with Gasteiger partial charge in [0.2, 0.25) is 5.91 Å². The van der Waals surface area contributed by atoms with Gasteiger partial charge in [-0.15, -0.1) is 0 Å². The Bertz CT molecular complexity index is 1020. The summed E-state index contributed by atoms with van der Waals surface area (Å²) in [5.41, 5.74) is 2.22. The van der Waals surface area contributed by atoms with Crippen LogP contribution in [0.25, 0.3) is 0 Å². The summed E-state index contributed by atoms with van der Waals surface area (Å²) in [5, 5.41) is 5.80. The maximum absolute atomic E-state index is 13.0. The zero-order valence-corrected chi connectivity index (χ0v) is 19.0. The zero-order chi connectivity index (χ0) is 22.8. The molecule has 1 saturated carbocycles. The van der Waals surface area contributed by atoms with Gasteiger partial charge in [0.05, 0.1) is 30.2 Å². The maximum atomic E-state index is 13.0. The van der Waals surface area contributed by atoms with Gasteiger partial charge in [0.25, 0.3) is 5.91 Å². The molecular formula is C23H30N6O3. The average molecular weight is 439 g/mol. The topological polar surface area (TPSA) is 99.7 Å². The Morgan fingerprint density at radius 2 is 1.94 bits per heavy atom.